The Labute approximate surface area is 111 Å². The smallest absolute Gasteiger partial charge is 0.123 e. The van der Waals surface area contributed by atoms with Gasteiger partial charge in [-0.2, -0.15) is 0 Å². The Morgan fingerprint density at radius 3 is 3.00 bits per heavy atom. The Morgan fingerprint density at radius 1 is 1.47 bits per heavy atom. The molecule has 3 heteroatoms. The molecule has 1 heterocycles. The van der Waals surface area contributed by atoms with Crippen LogP contribution < -0.4 is 4.90 Å². The molecule has 17 heavy (non-hydrogen) atoms. The van der Waals surface area contributed by atoms with Crippen LogP contribution in [0.25, 0.3) is 0 Å². The van der Waals surface area contributed by atoms with E-state index < -0.39 is 0 Å². The van der Waals surface area contributed by atoms with Crippen LogP contribution in [-0.2, 0) is 5.33 Å². The normalized spacial score (nSPS) is 20.6. The van der Waals surface area contributed by atoms with Gasteiger partial charge in [0.25, 0.3) is 0 Å². The maximum absolute atomic E-state index is 13.2. The van der Waals surface area contributed by atoms with Gasteiger partial charge in [0.2, 0.25) is 0 Å². The summed E-state index contributed by atoms with van der Waals surface area (Å²) in [6.45, 7) is 4.47. The summed E-state index contributed by atoms with van der Waals surface area (Å²) in [6, 6.07) is 5.13. The summed E-state index contributed by atoms with van der Waals surface area (Å²) in [5.41, 5.74) is 2.25. The quantitative estimate of drug-likeness (QED) is 0.750. The topological polar surface area (TPSA) is 3.24 Å². The van der Waals surface area contributed by atoms with Gasteiger partial charge in [0.1, 0.15) is 5.82 Å². The van der Waals surface area contributed by atoms with Crippen molar-refractivity contribution in [2.75, 3.05) is 18.0 Å². The first kappa shape index (κ1) is 12.9. The number of hydrogen-bond donors (Lipinski definition) is 0. The van der Waals surface area contributed by atoms with E-state index in [0.29, 0.717) is 5.33 Å². The Kier molecular flexibility index (Phi) is 4.43. The summed E-state index contributed by atoms with van der Waals surface area (Å²) >= 11 is 3.45. The highest BCUT2D eigenvalue weighted by molar-refractivity contribution is 9.08. The Bertz CT molecular complexity index is 380. The number of benzene rings is 1. The van der Waals surface area contributed by atoms with Crippen molar-refractivity contribution in [1.29, 1.82) is 0 Å². The standard InChI is InChI=1S/C14H19BrFN/c1-2-11-4-3-7-17(10-11)14-6-5-13(16)8-12(14)9-15/h5-6,8,11H,2-4,7,9-10H2,1H3. The van der Waals surface area contributed by atoms with Gasteiger partial charge in [-0.1, -0.05) is 29.3 Å². The minimum atomic E-state index is -0.146. The van der Waals surface area contributed by atoms with Crippen molar-refractivity contribution >= 4 is 21.6 Å². The Hall–Kier alpha value is -0.570. The lowest BCUT2D eigenvalue weighted by molar-refractivity contribution is 0.404. The molecule has 0 bridgehead atoms. The van der Waals surface area contributed by atoms with Crippen molar-refractivity contribution in [3.05, 3.63) is 29.6 Å². The van der Waals surface area contributed by atoms with Gasteiger partial charge in [-0.15, -0.1) is 0 Å². The van der Waals surface area contributed by atoms with E-state index >= 15 is 0 Å². The molecule has 1 saturated heterocycles. The molecule has 1 aliphatic rings. The van der Waals surface area contributed by atoms with Crippen LogP contribution in [0.5, 0.6) is 0 Å². The molecule has 0 N–H and O–H groups in total. The molecule has 1 fully saturated rings. The van der Waals surface area contributed by atoms with Crippen molar-refractivity contribution < 1.29 is 4.39 Å². The summed E-state index contributed by atoms with van der Waals surface area (Å²) in [7, 11) is 0. The van der Waals surface area contributed by atoms with E-state index in [1.807, 2.05) is 6.07 Å². The van der Waals surface area contributed by atoms with E-state index in [0.717, 1.165) is 24.6 Å². The molecule has 0 spiro atoms. The maximum atomic E-state index is 13.2. The van der Waals surface area contributed by atoms with E-state index in [2.05, 4.69) is 27.8 Å². The van der Waals surface area contributed by atoms with E-state index in [-0.39, 0.29) is 5.82 Å². The summed E-state index contributed by atoms with van der Waals surface area (Å²) in [5, 5.41) is 0.716. The van der Waals surface area contributed by atoms with Crippen LogP contribution in [0.15, 0.2) is 18.2 Å². The number of piperidine rings is 1. The first-order valence-electron chi connectivity index (χ1n) is 6.34. The average molecular weight is 300 g/mol. The molecule has 1 aromatic carbocycles. The maximum Gasteiger partial charge on any atom is 0.123 e. The molecule has 1 atom stereocenters. The molecule has 1 aliphatic heterocycles. The molecular weight excluding hydrogens is 281 g/mol. The molecule has 1 nitrogen and oxygen atoms in total. The van der Waals surface area contributed by atoms with Gasteiger partial charge in [0.15, 0.2) is 0 Å². The van der Waals surface area contributed by atoms with E-state index in [4.69, 9.17) is 0 Å². The largest absolute Gasteiger partial charge is 0.371 e. The molecule has 94 valence electrons. The predicted octanol–water partition coefficient (Wildman–Crippen LogP) is 4.35. The van der Waals surface area contributed by atoms with Gasteiger partial charge in [-0.05, 0) is 42.5 Å². The summed E-state index contributed by atoms with van der Waals surface area (Å²) < 4.78 is 13.2. The van der Waals surface area contributed by atoms with E-state index in [1.54, 1.807) is 12.1 Å². The molecule has 1 aromatic rings. The average Bonchev–Trinajstić information content (AvgIpc) is 2.38. The summed E-state index contributed by atoms with van der Waals surface area (Å²) in [4.78, 5) is 2.41. The van der Waals surface area contributed by atoms with Crippen molar-refractivity contribution in [2.24, 2.45) is 5.92 Å². The van der Waals surface area contributed by atoms with Crippen molar-refractivity contribution in [2.45, 2.75) is 31.5 Å². The van der Waals surface area contributed by atoms with Crippen LogP contribution in [0, 0.1) is 11.7 Å². The van der Waals surface area contributed by atoms with Crippen LogP contribution >= 0.6 is 15.9 Å². The number of alkyl halides is 1. The predicted molar refractivity (Wildman–Crippen MR) is 74.3 cm³/mol. The fraction of sp³-hybridized carbons (Fsp3) is 0.571. The Morgan fingerprint density at radius 2 is 2.29 bits per heavy atom. The molecule has 2 rings (SSSR count). The van der Waals surface area contributed by atoms with Gasteiger partial charge in [-0.25, -0.2) is 4.39 Å². The minimum Gasteiger partial charge on any atom is -0.371 e. The minimum absolute atomic E-state index is 0.146. The number of halogens is 2. The number of nitrogens with zero attached hydrogens (tertiary/aromatic N) is 1. The van der Waals surface area contributed by atoms with Gasteiger partial charge >= 0.3 is 0 Å². The van der Waals surface area contributed by atoms with Crippen LogP contribution in [0.3, 0.4) is 0 Å². The zero-order valence-electron chi connectivity index (χ0n) is 10.3. The lowest BCUT2D eigenvalue weighted by Gasteiger charge is -2.35. The van der Waals surface area contributed by atoms with Crippen LogP contribution in [0.1, 0.15) is 31.7 Å². The molecule has 0 radical (unpaired) electrons. The highest BCUT2D eigenvalue weighted by atomic mass is 79.9. The van der Waals surface area contributed by atoms with Gasteiger partial charge in [-0.3, -0.25) is 0 Å². The third kappa shape index (κ3) is 3.01. The van der Waals surface area contributed by atoms with Gasteiger partial charge in [0.05, 0.1) is 0 Å². The van der Waals surface area contributed by atoms with Crippen molar-refractivity contribution in [1.82, 2.24) is 0 Å². The fourth-order valence-electron chi connectivity index (χ4n) is 2.59. The van der Waals surface area contributed by atoms with E-state index in [1.165, 1.54) is 24.9 Å². The van der Waals surface area contributed by atoms with Crippen molar-refractivity contribution in [3.63, 3.8) is 0 Å². The molecular formula is C14H19BrFN. The number of rotatable bonds is 3. The first-order chi connectivity index (χ1) is 8.24. The zero-order chi connectivity index (χ0) is 12.3. The monoisotopic (exact) mass is 299 g/mol. The van der Waals surface area contributed by atoms with Gasteiger partial charge in [0, 0.05) is 24.1 Å². The highest BCUT2D eigenvalue weighted by Gasteiger charge is 2.20. The number of hydrogen-bond acceptors (Lipinski definition) is 1. The third-order valence-electron chi connectivity index (χ3n) is 3.62. The lowest BCUT2D eigenvalue weighted by atomic mass is 9.95. The summed E-state index contributed by atoms with van der Waals surface area (Å²) in [5.74, 6) is 0.643. The second-order valence-corrected chi connectivity index (χ2v) is 5.33. The lowest BCUT2D eigenvalue weighted by Crippen LogP contribution is -2.35. The molecule has 1 unspecified atom stereocenters. The highest BCUT2D eigenvalue weighted by Crippen LogP contribution is 2.29. The zero-order valence-corrected chi connectivity index (χ0v) is 11.8. The summed E-state index contributed by atoms with van der Waals surface area (Å²) in [6.07, 6.45) is 3.82. The molecule has 0 amide bonds. The van der Waals surface area contributed by atoms with Gasteiger partial charge < -0.3 is 4.90 Å². The van der Waals surface area contributed by atoms with Crippen LogP contribution in [0.4, 0.5) is 10.1 Å². The third-order valence-corrected chi connectivity index (χ3v) is 4.23. The molecule has 0 aliphatic carbocycles. The Balaban J connectivity index is 2.20. The fourth-order valence-corrected chi connectivity index (χ4v) is 3.04. The van der Waals surface area contributed by atoms with E-state index in [9.17, 15) is 4.39 Å². The van der Waals surface area contributed by atoms with Crippen LogP contribution in [-0.4, -0.2) is 13.1 Å². The first-order valence-corrected chi connectivity index (χ1v) is 7.46. The molecule has 0 saturated carbocycles. The second kappa shape index (κ2) is 5.85. The second-order valence-electron chi connectivity index (χ2n) is 4.77. The SMILES string of the molecule is CCC1CCCN(c2ccc(F)cc2CBr)C1. The number of anilines is 1. The van der Waals surface area contributed by atoms with Crippen LogP contribution in [0.2, 0.25) is 0 Å². The van der Waals surface area contributed by atoms with Crippen molar-refractivity contribution in [3.8, 4) is 0 Å². The molecule has 0 aromatic heterocycles.